The molecule has 0 aliphatic rings. The van der Waals surface area contributed by atoms with Gasteiger partial charge in [0.2, 0.25) is 15.9 Å². The van der Waals surface area contributed by atoms with Crippen LogP contribution in [0.15, 0.2) is 48.5 Å². The molecule has 8 heteroatoms. The van der Waals surface area contributed by atoms with E-state index in [9.17, 15) is 22.4 Å². The van der Waals surface area contributed by atoms with Crippen molar-refractivity contribution in [2.75, 3.05) is 6.54 Å². The van der Waals surface area contributed by atoms with Gasteiger partial charge in [-0.3, -0.25) is 14.3 Å². The topological polar surface area (TPSA) is 92.3 Å². The summed E-state index contributed by atoms with van der Waals surface area (Å²) < 4.78 is 38.8. The second-order valence-corrected chi connectivity index (χ2v) is 7.51. The van der Waals surface area contributed by atoms with E-state index in [1.165, 1.54) is 12.1 Å². The number of sulfonamides is 1. The summed E-state index contributed by atoms with van der Waals surface area (Å²) in [5, 5.41) is 2.47. The number of hydrogen-bond acceptors (Lipinski definition) is 4. The van der Waals surface area contributed by atoms with Gasteiger partial charge in [-0.1, -0.05) is 29.8 Å². The maximum absolute atomic E-state index is 12.8. The number of hydrogen-bond donors (Lipinski definition) is 2. The number of carbonyl (C=O) groups is 2. The molecule has 0 unspecified atom stereocenters. The highest BCUT2D eigenvalue weighted by Crippen LogP contribution is 2.07. The van der Waals surface area contributed by atoms with Crippen LogP contribution in [0.4, 0.5) is 4.39 Å². The molecule has 2 rings (SSSR count). The van der Waals surface area contributed by atoms with Gasteiger partial charge < -0.3 is 5.32 Å². The van der Waals surface area contributed by atoms with Crippen LogP contribution in [-0.4, -0.2) is 26.8 Å². The summed E-state index contributed by atoms with van der Waals surface area (Å²) in [4.78, 5) is 23.6. The molecule has 0 aliphatic heterocycles. The molecule has 0 aliphatic carbocycles. The second-order valence-electron chi connectivity index (χ2n) is 5.78. The first-order chi connectivity index (χ1) is 12.2. The van der Waals surface area contributed by atoms with E-state index < -0.39 is 27.7 Å². The fourth-order valence-electron chi connectivity index (χ4n) is 2.16. The Balaban J connectivity index is 1.79. The van der Waals surface area contributed by atoms with Gasteiger partial charge in [0.1, 0.15) is 5.82 Å². The van der Waals surface area contributed by atoms with Crippen molar-refractivity contribution >= 4 is 21.8 Å². The molecule has 0 saturated heterocycles. The minimum absolute atomic E-state index is 0.0396. The lowest BCUT2D eigenvalue weighted by Crippen LogP contribution is -2.34. The van der Waals surface area contributed by atoms with Crippen LogP contribution in [-0.2, 0) is 20.6 Å². The van der Waals surface area contributed by atoms with E-state index in [0.29, 0.717) is 5.56 Å². The molecule has 0 bridgehead atoms. The monoisotopic (exact) mass is 378 g/mol. The predicted octanol–water partition coefficient (Wildman–Crippen LogP) is 1.90. The van der Waals surface area contributed by atoms with Gasteiger partial charge in [0.25, 0.3) is 5.91 Å². The van der Waals surface area contributed by atoms with Crippen LogP contribution in [0.25, 0.3) is 0 Å². The second kappa shape index (κ2) is 8.57. The number of aryl methyl sites for hydroxylation is 1. The highest BCUT2D eigenvalue weighted by molar-refractivity contribution is 7.89. The normalized spacial score (nSPS) is 11.0. The highest BCUT2D eigenvalue weighted by atomic mass is 32.2. The van der Waals surface area contributed by atoms with Gasteiger partial charge >= 0.3 is 0 Å². The van der Waals surface area contributed by atoms with Crippen molar-refractivity contribution in [2.45, 2.75) is 19.1 Å². The zero-order valence-corrected chi connectivity index (χ0v) is 15.0. The van der Waals surface area contributed by atoms with Gasteiger partial charge in [-0.25, -0.2) is 12.8 Å². The minimum atomic E-state index is -3.81. The molecule has 2 aromatic carbocycles. The molecular weight excluding hydrogens is 359 g/mol. The van der Waals surface area contributed by atoms with Crippen LogP contribution in [0.1, 0.15) is 27.9 Å². The SMILES string of the molecule is Cc1ccc(CS(=O)(=O)NC(=O)CCNC(=O)c2ccc(F)cc2)cc1. The molecule has 2 N–H and O–H groups in total. The number of rotatable bonds is 7. The van der Waals surface area contributed by atoms with Crippen molar-refractivity contribution in [3.63, 3.8) is 0 Å². The van der Waals surface area contributed by atoms with Crippen molar-refractivity contribution in [1.82, 2.24) is 10.0 Å². The van der Waals surface area contributed by atoms with Crippen LogP contribution < -0.4 is 10.0 Å². The summed E-state index contributed by atoms with van der Waals surface area (Å²) in [6.07, 6.45) is -0.194. The average molecular weight is 378 g/mol. The maximum Gasteiger partial charge on any atom is 0.251 e. The summed E-state index contributed by atoms with van der Waals surface area (Å²) in [5.41, 5.74) is 1.83. The van der Waals surface area contributed by atoms with E-state index in [2.05, 4.69) is 5.32 Å². The van der Waals surface area contributed by atoms with Crippen molar-refractivity contribution in [3.8, 4) is 0 Å². The number of benzene rings is 2. The van der Waals surface area contributed by atoms with E-state index in [1.807, 2.05) is 11.6 Å². The summed E-state index contributed by atoms with van der Waals surface area (Å²) in [7, 11) is -3.81. The zero-order valence-electron chi connectivity index (χ0n) is 14.2. The molecule has 2 aromatic rings. The molecule has 0 aromatic heterocycles. The standard InChI is InChI=1S/C18H19FN2O4S/c1-13-2-4-14(5-3-13)12-26(24,25)21-17(22)10-11-20-18(23)15-6-8-16(19)9-7-15/h2-9H,10-12H2,1H3,(H,20,23)(H,21,22). The van der Waals surface area contributed by atoms with Gasteiger partial charge in [-0.15, -0.1) is 0 Å². The quantitative estimate of drug-likeness (QED) is 0.770. The van der Waals surface area contributed by atoms with Gasteiger partial charge in [0.15, 0.2) is 0 Å². The molecule has 0 saturated carbocycles. The Kier molecular flexibility index (Phi) is 6.46. The van der Waals surface area contributed by atoms with E-state index in [-0.39, 0.29) is 24.3 Å². The first-order valence-electron chi connectivity index (χ1n) is 7.88. The zero-order chi connectivity index (χ0) is 19.2. The number of carbonyl (C=O) groups excluding carboxylic acids is 2. The lowest BCUT2D eigenvalue weighted by atomic mass is 10.2. The van der Waals surface area contributed by atoms with Crippen molar-refractivity contribution < 1.29 is 22.4 Å². The summed E-state index contributed by atoms with van der Waals surface area (Å²) in [5.74, 6) is -1.95. The molecule has 2 amide bonds. The first-order valence-corrected chi connectivity index (χ1v) is 9.53. The number of amides is 2. The van der Waals surface area contributed by atoms with Gasteiger partial charge in [0.05, 0.1) is 5.75 Å². The third kappa shape index (κ3) is 6.29. The van der Waals surface area contributed by atoms with Gasteiger partial charge in [0, 0.05) is 18.5 Å². The van der Waals surface area contributed by atoms with Gasteiger partial charge in [-0.2, -0.15) is 0 Å². The Morgan fingerprint density at radius 3 is 2.23 bits per heavy atom. The van der Waals surface area contributed by atoms with E-state index >= 15 is 0 Å². The molecule has 0 heterocycles. The maximum atomic E-state index is 12.8. The van der Waals surface area contributed by atoms with Crippen molar-refractivity contribution in [3.05, 3.63) is 71.0 Å². The predicted molar refractivity (Wildman–Crippen MR) is 95.3 cm³/mol. The van der Waals surface area contributed by atoms with Crippen LogP contribution >= 0.6 is 0 Å². The molecule has 6 nitrogen and oxygen atoms in total. The summed E-state index contributed by atoms with van der Waals surface area (Å²) >= 11 is 0. The first kappa shape index (κ1) is 19.6. The molecule has 0 radical (unpaired) electrons. The van der Waals surface area contributed by atoms with E-state index in [1.54, 1.807) is 24.3 Å². The van der Waals surface area contributed by atoms with Crippen LogP contribution in [0.5, 0.6) is 0 Å². The smallest absolute Gasteiger partial charge is 0.251 e. The molecule has 0 atom stereocenters. The van der Waals surface area contributed by atoms with Crippen LogP contribution in [0.2, 0.25) is 0 Å². The van der Waals surface area contributed by atoms with Crippen LogP contribution in [0.3, 0.4) is 0 Å². The Morgan fingerprint density at radius 1 is 1.00 bits per heavy atom. The molecule has 0 spiro atoms. The minimum Gasteiger partial charge on any atom is -0.352 e. The Morgan fingerprint density at radius 2 is 1.62 bits per heavy atom. The third-order valence-electron chi connectivity index (χ3n) is 3.49. The Labute approximate surface area is 151 Å². The van der Waals surface area contributed by atoms with E-state index in [4.69, 9.17) is 0 Å². The van der Waals surface area contributed by atoms with Crippen molar-refractivity contribution in [2.24, 2.45) is 0 Å². The number of halogens is 1. The summed E-state index contributed by atoms with van der Waals surface area (Å²) in [6, 6.07) is 11.9. The Bertz CT molecular complexity index is 878. The van der Waals surface area contributed by atoms with Crippen molar-refractivity contribution in [1.29, 1.82) is 0 Å². The molecule has 26 heavy (non-hydrogen) atoms. The fourth-order valence-corrected chi connectivity index (χ4v) is 3.31. The average Bonchev–Trinajstić information content (AvgIpc) is 2.56. The highest BCUT2D eigenvalue weighted by Gasteiger charge is 2.15. The van der Waals surface area contributed by atoms with Crippen LogP contribution in [0, 0.1) is 12.7 Å². The largest absolute Gasteiger partial charge is 0.352 e. The Hall–Kier alpha value is -2.74. The van der Waals surface area contributed by atoms with E-state index in [0.717, 1.165) is 17.7 Å². The lowest BCUT2D eigenvalue weighted by Gasteiger charge is -2.08. The summed E-state index contributed by atoms with van der Waals surface area (Å²) in [6.45, 7) is 1.85. The third-order valence-corrected chi connectivity index (χ3v) is 4.74. The fraction of sp³-hybridized carbons (Fsp3) is 0.222. The molecule has 0 fully saturated rings. The van der Waals surface area contributed by atoms with Gasteiger partial charge in [-0.05, 0) is 36.8 Å². The number of nitrogens with one attached hydrogen (secondary N) is 2. The molecule has 138 valence electrons. The lowest BCUT2D eigenvalue weighted by molar-refractivity contribution is -0.119. The molecular formula is C18H19FN2O4S.